The van der Waals surface area contributed by atoms with Crippen molar-refractivity contribution in [1.82, 2.24) is 9.88 Å². The van der Waals surface area contributed by atoms with Crippen LogP contribution in [0.25, 0.3) is 10.2 Å². The van der Waals surface area contributed by atoms with E-state index in [4.69, 9.17) is 14.5 Å². The molecule has 0 unspecified atom stereocenters. The van der Waals surface area contributed by atoms with Crippen molar-refractivity contribution < 1.29 is 14.3 Å². The Balaban J connectivity index is 1.68. The number of fused-ring (bicyclic) bond motifs is 2. The van der Waals surface area contributed by atoms with Crippen LogP contribution in [0.15, 0.2) is 36.4 Å². The second-order valence-electron chi connectivity index (χ2n) is 7.66. The van der Waals surface area contributed by atoms with Crippen molar-refractivity contribution in [1.29, 1.82) is 0 Å². The minimum absolute atomic E-state index is 0.0570. The number of ether oxygens (including phenoxy) is 2. The van der Waals surface area contributed by atoms with Gasteiger partial charge < -0.3 is 19.3 Å². The summed E-state index contributed by atoms with van der Waals surface area (Å²) >= 11 is 1.49. The van der Waals surface area contributed by atoms with Crippen LogP contribution in [0.1, 0.15) is 10.4 Å². The van der Waals surface area contributed by atoms with E-state index < -0.39 is 0 Å². The van der Waals surface area contributed by atoms with Crippen LogP contribution in [0.5, 0.6) is 11.5 Å². The zero-order chi connectivity index (χ0) is 21.3. The predicted molar refractivity (Wildman–Crippen MR) is 122 cm³/mol. The van der Waals surface area contributed by atoms with Gasteiger partial charge in [-0.1, -0.05) is 11.3 Å². The van der Waals surface area contributed by atoms with Gasteiger partial charge in [-0.15, -0.1) is 0 Å². The average Bonchev–Trinajstić information content (AvgIpc) is 3.14. The molecule has 7 nitrogen and oxygen atoms in total. The minimum Gasteiger partial charge on any atom is -0.486 e. The molecule has 0 saturated carbocycles. The first-order valence-corrected chi connectivity index (χ1v) is 10.7. The number of thiazole rings is 1. The molecule has 1 aliphatic heterocycles. The Morgan fingerprint density at radius 3 is 2.30 bits per heavy atom. The number of rotatable bonds is 6. The highest BCUT2D eigenvalue weighted by Gasteiger charge is 2.23. The predicted octanol–water partition coefficient (Wildman–Crippen LogP) is 3.34. The fourth-order valence-corrected chi connectivity index (χ4v) is 4.21. The van der Waals surface area contributed by atoms with E-state index in [-0.39, 0.29) is 5.91 Å². The van der Waals surface area contributed by atoms with Gasteiger partial charge in [0.05, 0.1) is 10.2 Å². The molecule has 0 saturated heterocycles. The van der Waals surface area contributed by atoms with E-state index in [1.807, 2.05) is 69.5 Å². The monoisotopic (exact) mass is 426 g/mol. The quantitative estimate of drug-likeness (QED) is 0.603. The third kappa shape index (κ3) is 4.20. The number of anilines is 2. The van der Waals surface area contributed by atoms with Crippen molar-refractivity contribution in [2.75, 3.05) is 64.3 Å². The molecule has 2 aromatic carbocycles. The van der Waals surface area contributed by atoms with Crippen LogP contribution < -0.4 is 19.3 Å². The number of amides is 1. The smallest absolute Gasteiger partial charge is 0.260 e. The lowest BCUT2D eigenvalue weighted by molar-refractivity contribution is 0.0985. The zero-order valence-corrected chi connectivity index (χ0v) is 18.5. The van der Waals surface area contributed by atoms with E-state index >= 15 is 0 Å². The van der Waals surface area contributed by atoms with Crippen LogP contribution in [-0.4, -0.2) is 70.3 Å². The molecule has 2 heterocycles. The van der Waals surface area contributed by atoms with Gasteiger partial charge >= 0.3 is 0 Å². The molecule has 1 aliphatic rings. The summed E-state index contributed by atoms with van der Waals surface area (Å²) in [6.07, 6.45) is 0. The summed E-state index contributed by atoms with van der Waals surface area (Å²) in [4.78, 5) is 24.0. The highest BCUT2D eigenvalue weighted by atomic mass is 32.1. The van der Waals surface area contributed by atoms with E-state index in [0.29, 0.717) is 36.2 Å². The van der Waals surface area contributed by atoms with Gasteiger partial charge in [0.25, 0.3) is 5.91 Å². The Morgan fingerprint density at radius 1 is 1.00 bits per heavy atom. The first-order valence-electron chi connectivity index (χ1n) is 9.86. The maximum atomic E-state index is 13.4. The largest absolute Gasteiger partial charge is 0.486 e. The van der Waals surface area contributed by atoms with Gasteiger partial charge in [0.1, 0.15) is 13.2 Å². The highest BCUT2D eigenvalue weighted by Crippen LogP contribution is 2.39. The van der Waals surface area contributed by atoms with Gasteiger partial charge in [-0.2, -0.15) is 0 Å². The van der Waals surface area contributed by atoms with Gasteiger partial charge in [0.15, 0.2) is 16.6 Å². The summed E-state index contributed by atoms with van der Waals surface area (Å²) in [6.45, 7) is 2.36. The Kier molecular flexibility index (Phi) is 5.78. The number of hydrogen-bond donors (Lipinski definition) is 0. The third-order valence-electron chi connectivity index (χ3n) is 4.92. The molecule has 0 atom stereocenters. The van der Waals surface area contributed by atoms with Crippen molar-refractivity contribution in [2.24, 2.45) is 0 Å². The molecule has 1 aromatic heterocycles. The topological polar surface area (TPSA) is 58.1 Å². The summed E-state index contributed by atoms with van der Waals surface area (Å²) in [5.41, 5.74) is 2.51. The number of benzene rings is 2. The van der Waals surface area contributed by atoms with Crippen LogP contribution in [0, 0.1) is 0 Å². The van der Waals surface area contributed by atoms with E-state index in [1.165, 1.54) is 11.3 Å². The lowest BCUT2D eigenvalue weighted by Gasteiger charge is -2.22. The fraction of sp³-hybridized carbons (Fsp3) is 0.364. The van der Waals surface area contributed by atoms with Gasteiger partial charge in [-0.25, -0.2) is 4.98 Å². The standard InChI is InChI=1S/C22H26N4O3S/c1-24(2)9-10-26(21(27)15-5-7-16(8-6-15)25(3)4)22-23-17-13-18-19(14-20(17)30-22)29-12-11-28-18/h5-8,13-14H,9-12H2,1-4H3. The summed E-state index contributed by atoms with van der Waals surface area (Å²) in [7, 11) is 7.95. The summed E-state index contributed by atoms with van der Waals surface area (Å²) in [5, 5.41) is 0.677. The lowest BCUT2D eigenvalue weighted by Crippen LogP contribution is -2.36. The molecule has 0 fully saturated rings. The van der Waals surface area contributed by atoms with Crippen molar-refractivity contribution in [2.45, 2.75) is 0 Å². The molecule has 158 valence electrons. The molecule has 0 aliphatic carbocycles. The van der Waals surface area contributed by atoms with E-state index in [2.05, 4.69) is 4.90 Å². The summed E-state index contributed by atoms with van der Waals surface area (Å²) < 4.78 is 12.3. The molecule has 0 radical (unpaired) electrons. The molecular weight excluding hydrogens is 400 g/mol. The van der Waals surface area contributed by atoms with Crippen LogP contribution >= 0.6 is 11.3 Å². The summed E-state index contributed by atoms with van der Waals surface area (Å²) in [6, 6.07) is 11.5. The Labute approximate surface area is 180 Å². The van der Waals surface area contributed by atoms with Crippen LogP contribution in [-0.2, 0) is 0 Å². The second kappa shape index (κ2) is 8.49. The molecule has 4 rings (SSSR count). The minimum atomic E-state index is -0.0570. The third-order valence-corrected chi connectivity index (χ3v) is 5.96. The highest BCUT2D eigenvalue weighted by molar-refractivity contribution is 7.22. The Bertz CT molecular complexity index is 1000. The molecule has 0 N–H and O–H groups in total. The fourth-order valence-electron chi connectivity index (χ4n) is 3.21. The van der Waals surface area contributed by atoms with Gasteiger partial charge in [0.2, 0.25) is 0 Å². The van der Waals surface area contributed by atoms with Gasteiger partial charge in [-0.05, 0) is 38.4 Å². The first-order chi connectivity index (χ1) is 14.4. The van der Waals surface area contributed by atoms with Crippen LogP contribution in [0.3, 0.4) is 0 Å². The van der Waals surface area contributed by atoms with E-state index in [9.17, 15) is 4.79 Å². The van der Waals surface area contributed by atoms with E-state index in [1.54, 1.807) is 4.90 Å². The second-order valence-corrected chi connectivity index (χ2v) is 8.67. The maximum Gasteiger partial charge on any atom is 0.260 e. The maximum absolute atomic E-state index is 13.4. The van der Waals surface area contributed by atoms with E-state index in [0.717, 1.165) is 28.2 Å². The zero-order valence-electron chi connectivity index (χ0n) is 17.7. The molecule has 0 bridgehead atoms. The normalized spacial score (nSPS) is 13.0. The van der Waals surface area contributed by atoms with Crippen molar-refractivity contribution >= 4 is 38.3 Å². The van der Waals surface area contributed by atoms with Crippen molar-refractivity contribution in [3.8, 4) is 11.5 Å². The Hall–Kier alpha value is -2.84. The molecular formula is C22H26N4O3S. The number of carbonyl (C=O) groups is 1. The molecule has 8 heteroatoms. The number of carbonyl (C=O) groups excluding carboxylic acids is 1. The van der Waals surface area contributed by atoms with Crippen LogP contribution in [0.4, 0.5) is 10.8 Å². The molecule has 1 amide bonds. The SMILES string of the molecule is CN(C)CCN(C(=O)c1ccc(N(C)C)cc1)c1nc2cc3c(cc2s1)OCCO3. The number of nitrogens with zero attached hydrogens (tertiary/aromatic N) is 4. The number of aromatic nitrogens is 1. The average molecular weight is 427 g/mol. The first kappa shape index (κ1) is 20.4. The van der Waals surface area contributed by atoms with Gasteiger partial charge in [0, 0.05) is 50.6 Å². The lowest BCUT2D eigenvalue weighted by atomic mass is 10.1. The molecule has 0 spiro atoms. The molecule has 30 heavy (non-hydrogen) atoms. The summed E-state index contributed by atoms with van der Waals surface area (Å²) in [5.74, 6) is 1.38. The molecule has 3 aromatic rings. The van der Waals surface area contributed by atoms with Gasteiger partial charge in [-0.3, -0.25) is 9.69 Å². The van der Waals surface area contributed by atoms with Crippen molar-refractivity contribution in [3.05, 3.63) is 42.0 Å². The van der Waals surface area contributed by atoms with Crippen molar-refractivity contribution in [3.63, 3.8) is 0 Å². The number of hydrogen-bond acceptors (Lipinski definition) is 7. The van der Waals surface area contributed by atoms with Crippen LogP contribution in [0.2, 0.25) is 0 Å². The number of likely N-dealkylation sites (N-methyl/N-ethyl adjacent to an activating group) is 1. The Morgan fingerprint density at radius 2 is 1.67 bits per heavy atom.